The van der Waals surface area contributed by atoms with E-state index in [0.717, 1.165) is 28.7 Å². The molecule has 0 fully saturated rings. The lowest BCUT2D eigenvalue weighted by Gasteiger charge is -2.11. The lowest BCUT2D eigenvalue weighted by Crippen LogP contribution is -2.33. The van der Waals surface area contributed by atoms with Crippen LogP contribution in [0.1, 0.15) is 26.0 Å². The van der Waals surface area contributed by atoms with Crippen LogP contribution >= 0.6 is 0 Å². The van der Waals surface area contributed by atoms with Crippen LogP contribution in [0.15, 0.2) is 30.3 Å². The van der Waals surface area contributed by atoms with Gasteiger partial charge in [-0.05, 0) is 37.6 Å². The molecular formula is C15H19N3O. The molecule has 1 heterocycles. The third kappa shape index (κ3) is 3.44. The Kier molecular flexibility index (Phi) is 4.00. The first kappa shape index (κ1) is 13.3. The first-order valence-electron chi connectivity index (χ1n) is 6.53. The van der Waals surface area contributed by atoms with Crippen molar-refractivity contribution in [2.45, 2.75) is 32.7 Å². The molecule has 2 aromatic rings. The van der Waals surface area contributed by atoms with E-state index in [-0.39, 0.29) is 11.9 Å². The van der Waals surface area contributed by atoms with Gasteiger partial charge in [0, 0.05) is 17.1 Å². The Morgan fingerprint density at radius 1 is 1.37 bits per heavy atom. The number of anilines is 1. The number of fused-ring (bicyclic) bond motifs is 1. The summed E-state index contributed by atoms with van der Waals surface area (Å²) in [6, 6.07) is 9.60. The topological polar surface area (TPSA) is 68.0 Å². The number of rotatable bonds is 4. The van der Waals surface area contributed by atoms with Crippen molar-refractivity contribution in [2.75, 3.05) is 5.73 Å². The van der Waals surface area contributed by atoms with Gasteiger partial charge in [0.1, 0.15) is 0 Å². The lowest BCUT2D eigenvalue weighted by molar-refractivity contribution is -0.121. The predicted molar refractivity (Wildman–Crippen MR) is 77.8 cm³/mol. The van der Waals surface area contributed by atoms with Crippen LogP contribution in [0.2, 0.25) is 0 Å². The van der Waals surface area contributed by atoms with Gasteiger partial charge in [-0.15, -0.1) is 0 Å². The van der Waals surface area contributed by atoms with Gasteiger partial charge >= 0.3 is 0 Å². The Morgan fingerprint density at radius 2 is 2.16 bits per heavy atom. The smallest absolute Gasteiger partial charge is 0.226 e. The highest BCUT2D eigenvalue weighted by Crippen LogP contribution is 2.16. The van der Waals surface area contributed by atoms with E-state index in [2.05, 4.69) is 10.3 Å². The van der Waals surface area contributed by atoms with Crippen molar-refractivity contribution in [1.29, 1.82) is 0 Å². The summed E-state index contributed by atoms with van der Waals surface area (Å²) < 4.78 is 0. The summed E-state index contributed by atoms with van der Waals surface area (Å²) in [5.41, 5.74) is 8.08. The molecule has 0 radical (unpaired) electrons. The van der Waals surface area contributed by atoms with Crippen LogP contribution in [0.3, 0.4) is 0 Å². The Hall–Kier alpha value is -2.10. The van der Waals surface area contributed by atoms with Crippen molar-refractivity contribution < 1.29 is 4.79 Å². The van der Waals surface area contributed by atoms with E-state index in [1.54, 1.807) is 0 Å². The highest BCUT2D eigenvalue weighted by molar-refractivity contribution is 5.83. The van der Waals surface area contributed by atoms with Gasteiger partial charge in [0.25, 0.3) is 0 Å². The van der Waals surface area contributed by atoms with Gasteiger partial charge in [-0.25, -0.2) is 0 Å². The van der Waals surface area contributed by atoms with Crippen LogP contribution in [0.4, 0.5) is 5.69 Å². The number of benzene rings is 1. The summed E-state index contributed by atoms with van der Waals surface area (Å²) in [7, 11) is 0. The van der Waals surface area contributed by atoms with E-state index >= 15 is 0 Å². The molecule has 1 unspecified atom stereocenters. The molecule has 0 bridgehead atoms. The average molecular weight is 257 g/mol. The first-order valence-corrected chi connectivity index (χ1v) is 6.53. The number of carbonyl (C=O) groups excluding carboxylic acids is 1. The number of pyridine rings is 1. The van der Waals surface area contributed by atoms with Crippen LogP contribution in [0.25, 0.3) is 10.9 Å². The molecule has 1 atom stereocenters. The molecule has 19 heavy (non-hydrogen) atoms. The van der Waals surface area contributed by atoms with Gasteiger partial charge in [-0.1, -0.05) is 13.0 Å². The molecule has 0 saturated carbocycles. The van der Waals surface area contributed by atoms with Crippen LogP contribution in [-0.4, -0.2) is 16.9 Å². The number of carbonyl (C=O) groups is 1. The van der Waals surface area contributed by atoms with Crippen molar-refractivity contribution in [3.63, 3.8) is 0 Å². The van der Waals surface area contributed by atoms with Crippen LogP contribution in [0.5, 0.6) is 0 Å². The van der Waals surface area contributed by atoms with Crippen LogP contribution in [0, 0.1) is 0 Å². The van der Waals surface area contributed by atoms with E-state index in [4.69, 9.17) is 5.73 Å². The zero-order valence-electron chi connectivity index (χ0n) is 11.3. The average Bonchev–Trinajstić information content (AvgIpc) is 2.38. The molecular weight excluding hydrogens is 238 g/mol. The molecule has 2 rings (SSSR count). The van der Waals surface area contributed by atoms with E-state index in [1.165, 1.54) is 0 Å². The van der Waals surface area contributed by atoms with Crippen molar-refractivity contribution in [2.24, 2.45) is 0 Å². The third-order valence-electron chi connectivity index (χ3n) is 3.13. The van der Waals surface area contributed by atoms with E-state index in [1.807, 2.05) is 44.2 Å². The summed E-state index contributed by atoms with van der Waals surface area (Å²) in [5.74, 6) is 0.0108. The zero-order chi connectivity index (χ0) is 13.8. The molecule has 4 nitrogen and oxygen atoms in total. The number of nitrogens with zero attached hydrogens (tertiary/aromatic N) is 1. The fourth-order valence-corrected chi connectivity index (χ4v) is 1.88. The molecule has 0 aliphatic heterocycles. The largest absolute Gasteiger partial charge is 0.399 e. The summed E-state index contributed by atoms with van der Waals surface area (Å²) in [6.45, 7) is 4.04. The van der Waals surface area contributed by atoms with Crippen molar-refractivity contribution >= 4 is 22.5 Å². The summed E-state index contributed by atoms with van der Waals surface area (Å²) in [5, 5.41) is 3.93. The second-order valence-electron chi connectivity index (χ2n) is 4.81. The minimum atomic E-state index is 0.0108. The highest BCUT2D eigenvalue weighted by Gasteiger charge is 2.08. The maximum Gasteiger partial charge on any atom is 0.226 e. The Balaban J connectivity index is 2.13. The van der Waals surface area contributed by atoms with E-state index in [0.29, 0.717) is 6.42 Å². The third-order valence-corrected chi connectivity index (χ3v) is 3.13. The molecule has 0 aliphatic carbocycles. The molecule has 100 valence electrons. The molecule has 0 saturated heterocycles. The van der Waals surface area contributed by atoms with E-state index < -0.39 is 0 Å². The van der Waals surface area contributed by atoms with Gasteiger partial charge in [-0.2, -0.15) is 0 Å². The Labute approximate surface area is 113 Å². The van der Waals surface area contributed by atoms with Gasteiger partial charge in [0.15, 0.2) is 0 Å². The Bertz CT molecular complexity index is 595. The minimum absolute atomic E-state index is 0.0108. The molecule has 0 spiro atoms. The van der Waals surface area contributed by atoms with Crippen LogP contribution in [-0.2, 0) is 11.2 Å². The second-order valence-corrected chi connectivity index (χ2v) is 4.81. The minimum Gasteiger partial charge on any atom is -0.399 e. The molecule has 4 heteroatoms. The van der Waals surface area contributed by atoms with Gasteiger partial charge in [-0.3, -0.25) is 9.78 Å². The predicted octanol–water partition coefficient (Wildman–Crippen LogP) is 2.27. The van der Waals surface area contributed by atoms with Crippen molar-refractivity contribution in [3.8, 4) is 0 Å². The molecule has 1 aromatic carbocycles. The fraction of sp³-hybridized carbons (Fsp3) is 0.333. The summed E-state index contributed by atoms with van der Waals surface area (Å²) >= 11 is 0. The first-order chi connectivity index (χ1) is 9.08. The number of hydrogen-bond acceptors (Lipinski definition) is 3. The van der Waals surface area contributed by atoms with Crippen molar-refractivity contribution in [1.82, 2.24) is 10.3 Å². The quantitative estimate of drug-likeness (QED) is 0.826. The zero-order valence-corrected chi connectivity index (χ0v) is 11.3. The number of nitrogen functional groups attached to an aromatic ring is 1. The van der Waals surface area contributed by atoms with E-state index in [9.17, 15) is 4.79 Å². The highest BCUT2D eigenvalue weighted by atomic mass is 16.1. The molecule has 1 amide bonds. The fourth-order valence-electron chi connectivity index (χ4n) is 1.88. The number of amides is 1. The second kappa shape index (κ2) is 5.69. The molecule has 1 aromatic heterocycles. The molecule has 3 N–H and O–H groups in total. The van der Waals surface area contributed by atoms with Gasteiger partial charge in [0.2, 0.25) is 5.91 Å². The maximum atomic E-state index is 11.8. The summed E-state index contributed by atoms with van der Waals surface area (Å²) in [4.78, 5) is 16.3. The number of hydrogen-bond donors (Lipinski definition) is 2. The maximum absolute atomic E-state index is 11.8. The number of nitrogens with two attached hydrogens (primary N) is 1. The number of aromatic nitrogens is 1. The standard InChI is InChI=1S/C15H19N3O/c1-3-10(2)17-15(19)9-13-6-4-11-8-12(16)5-7-14(11)18-13/h4-8,10H,3,9,16H2,1-2H3,(H,17,19). The summed E-state index contributed by atoms with van der Waals surface area (Å²) in [6.07, 6.45) is 1.24. The SMILES string of the molecule is CCC(C)NC(=O)Cc1ccc2cc(N)ccc2n1. The number of nitrogens with one attached hydrogen (secondary N) is 1. The van der Waals surface area contributed by atoms with Gasteiger partial charge < -0.3 is 11.1 Å². The van der Waals surface area contributed by atoms with Crippen LogP contribution < -0.4 is 11.1 Å². The lowest BCUT2D eigenvalue weighted by atomic mass is 10.1. The normalized spacial score (nSPS) is 12.3. The monoisotopic (exact) mass is 257 g/mol. The van der Waals surface area contributed by atoms with Crippen molar-refractivity contribution in [3.05, 3.63) is 36.0 Å². The molecule has 0 aliphatic rings. The van der Waals surface area contributed by atoms with Gasteiger partial charge in [0.05, 0.1) is 17.6 Å². The Morgan fingerprint density at radius 3 is 2.89 bits per heavy atom.